The van der Waals surface area contributed by atoms with Crippen molar-refractivity contribution < 1.29 is 9.53 Å². The predicted molar refractivity (Wildman–Crippen MR) is 78.2 cm³/mol. The number of aromatic nitrogens is 2. The molecule has 3 rings (SSSR count). The standard InChI is InChI=1S/C15H24N4O2/c1-14(2)12-10(5-4-8-21-12)15(14,16)13(20)18-9-11-17-6-7-19(11)3/h6-7,10,12H,4-5,8-9,16H2,1-3H3,(H,18,20). The second kappa shape index (κ2) is 4.81. The van der Waals surface area contributed by atoms with Crippen LogP contribution < -0.4 is 11.1 Å². The van der Waals surface area contributed by atoms with Crippen LogP contribution in [0.4, 0.5) is 0 Å². The van der Waals surface area contributed by atoms with Crippen LogP contribution in [0.15, 0.2) is 12.4 Å². The molecule has 3 unspecified atom stereocenters. The van der Waals surface area contributed by atoms with E-state index in [1.807, 2.05) is 31.7 Å². The van der Waals surface area contributed by atoms with Crippen molar-refractivity contribution in [1.82, 2.24) is 14.9 Å². The number of nitrogens with zero attached hydrogens (tertiary/aromatic N) is 2. The molecule has 3 N–H and O–H groups in total. The number of aryl methyl sites for hydroxylation is 1. The van der Waals surface area contributed by atoms with Gasteiger partial charge in [0.05, 0.1) is 12.6 Å². The van der Waals surface area contributed by atoms with Gasteiger partial charge in [0.15, 0.2) is 0 Å². The second-order valence-corrected chi connectivity index (χ2v) is 6.77. The average molecular weight is 292 g/mol. The summed E-state index contributed by atoms with van der Waals surface area (Å²) in [6, 6.07) is 0. The molecule has 0 radical (unpaired) electrons. The lowest BCUT2D eigenvalue weighted by molar-refractivity contribution is -0.225. The zero-order valence-electron chi connectivity index (χ0n) is 12.9. The molecule has 0 spiro atoms. The first-order chi connectivity index (χ1) is 9.89. The number of nitrogens with one attached hydrogen (secondary N) is 1. The quantitative estimate of drug-likeness (QED) is 0.853. The van der Waals surface area contributed by atoms with Gasteiger partial charge in [-0.15, -0.1) is 0 Å². The number of imidazole rings is 1. The van der Waals surface area contributed by atoms with Crippen molar-refractivity contribution in [3.8, 4) is 0 Å². The number of fused-ring (bicyclic) bond motifs is 1. The van der Waals surface area contributed by atoms with Gasteiger partial charge in [0.1, 0.15) is 11.4 Å². The van der Waals surface area contributed by atoms with E-state index in [1.54, 1.807) is 6.20 Å². The van der Waals surface area contributed by atoms with Gasteiger partial charge in [-0.2, -0.15) is 0 Å². The number of carbonyl (C=O) groups is 1. The largest absolute Gasteiger partial charge is 0.377 e. The third kappa shape index (κ3) is 1.92. The van der Waals surface area contributed by atoms with Crippen molar-refractivity contribution in [1.29, 1.82) is 0 Å². The highest BCUT2D eigenvalue weighted by atomic mass is 16.5. The summed E-state index contributed by atoms with van der Waals surface area (Å²) < 4.78 is 7.72. The van der Waals surface area contributed by atoms with E-state index < -0.39 is 5.54 Å². The van der Waals surface area contributed by atoms with Gasteiger partial charge < -0.3 is 20.4 Å². The van der Waals surface area contributed by atoms with Crippen LogP contribution in [0.1, 0.15) is 32.5 Å². The maximum Gasteiger partial charge on any atom is 0.241 e. The van der Waals surface area contributed by atoms with E-state index in [0.29, 0.717) is 6.54 Å². The van der Waals surface area contributed by atoms with Gasteiger partial charge in [-0.3, -0.25) is 4.79 Å². The van der Waals surface area contributed by atoms with Gasteiger partial charge in [0, 0.05) is 37.4 Å². The number of amides is 1. The molecule has 0 bridgehead atoms. The van der Waals surface area contributed by atoms with Crippen LogP contribution in [0.3, 0.4) is 0 Å². The number of carbonyl (C=O) groups excluding carboxylic acids is 1. The fourth-order valence-electron chi connectivity index (χ4n) is 3.91. The number of nitrogens with two attached hydrogens (primary N) is 1. The molecule has 21 heavy (non-hydrogen) atoms. The number of hydrogen-bond donors (Lipinski definition) is 2. The van der Waals surface area contributed by atoms with Crippen molar-refractivity contribution in [3.05, 3.63) is 18.2 Å². The highest BCUT2D eigenvalue weighted by molar-refractivity contribution is 5.89. The van der Waals surface area contributed by atoms with E-state index in [9.17, 15) is 4.79 Å². The van der Waals surface area contributed by atoms with E-state index in [0.717, 1.165) is 25.3 Å². The van der Waals surface area contributed by atoms with Gasteiger partial charge in [0.2, 0.25) is 5.91 Å². The Morgan fingerprint density at radius 2 is 2.38 bits per heavy atom. The molecule has 1 aromatic heterocycles. The second-order valence-electron chi connectivity index (χ2n) is 6.77. The SMILES string of the molecule is Cn1ccnc1CNC(=O)C1(N)C2CCCOC2C1(C)C. The van der Waals surface area contributed by atoms with Crippen LogP contribution in [0.25, 0.3) is 0 Å². The Kier molecular flexibility index (Phi) is 3.33. The minimum Gasteiger partial charge on any atom is -0.377 e. The minimum atomic E-state index is -0.858. The third-order valence-electron chi connectivity index (χ3n) is 5.39. The lowest BCUT2D eigenvalue weighted by Gasteiger charge is -2.65. The lowest BCUT2D eigenvalue weighted by atomic mass is 9.46. The molecule has 0 aromatic carbocycles. The fraction of sp³-hybridized carbons (Fsp3) is 0.733. The average Bonchev–Trinajstić information content (AvgIpc) is 2.89. The Labute approximate surface area is 125 Å². The van der Waals surface area contributed by atoms with Crippen LogP contribution in [0, 0.1) is 11.3 Å². The zero-order chi connectivity index (χ0) is 15.3. The molecule has 6 heteroatoms. The molecule has 6 nitrogen and oxygen atoms in total. The monoisotopic (exact) mass is 292 g/mol. The van der Waals surface area contributed by atoms with Crippen LogP contribution in [0.5, 0.6) is 0 Å². The van der Waals surface area contributed by atoms with Gasteiger partial charge >= 0.3 is 0 Å². The molecule has 1 aliphatic heterocycles. The molecule has 116 valence electrons. The first kappa shape index (κ1) is 14.5. The van der Waals surface area contributed by atoms with Crippen LogP contribution in [0.2, 0.25) is 0 Å². The number of rotatable bonds is 3. The summed E-state index contributed by atoms with van der Waals surface area (Å²) in [5.74, 6) is 0.838. The van der Waals surface area contributed by atoms with Crippen LogP contribution in [-0.2, 0) is 23.1 Å². The smallest absolute Gasteiger partial charge is 0.241 e. The van der Waals surface area contributed by atoms with Gasteiger partial charge in [-0.05, 0) is 12.8 Å². The van der Waals surface area contributed by atoms with Crippen molar-refractivity contribution in [3.63, 3.8) is 0 Å². The van der Waals surface area contributed by atoms with Crippen molar-refractivity contribution >= 4 is 5.91 Å². The van der Waals surface area contributed by atoms with E-state index in [1.165, 1.54) is 0 Å². The van der Waals surface area contributed by atoms with Crippen molar-refractivity contribution in [2.75, 3.05) is 6.61 Å². The molecule has 1 aliphatic carbocycles. The van der Waals surface area contributed by atoms with Crippen LogP contribution >= 0.6 is 0 Å². The van der Waals surface area contributed by atoms with E-state index in [4.69, 9.17) is 10.5 Å². The third-order valence-corrected chi connectivity index (χ3v) is 5.39. The Morgan fingerprint density at radius 1 is 1.62 bits per heavy atom. The Balaban J connectivity index is 1.72. The van der Waals surface area contributed by atoms with E-state index >= 15 is 0 Å². The molecule has 1 saturated carbocycles. The van der Waals surface area contributed by atoms with Crippen molar-refractivity contribution in [2.24, 2.45) is 24.1 Å². The lowest BCUT2D eigenvalue weighted by Crippen LogP contribution is -2.82. The maximum atomic E-state index is 12.7. The summed E-state index contributed by atoms with van der Waals surface area (Å²) in [4.78, 5) is 16.9. The number of ether oxygens (including phenoxy) is 1. The predicted octanol–water partition coefficient (Wildman–Crippen LogP) is 0.569. The molecule has 2 heterocycles. The molecular weight excluding hydrogens is 268 g/mol. The summed E-state index contributed by atoms with van der Waals surface area (Å²) in [5.41, 5.74) is 5.34. The summed E-state index contributed by atoms with van der Waals surface area (Å²) in [6.07, 6.45) is 5.61. The highest BCUT2D eigenvalue weighted by Gasteiger charge is 2.70. The van der Waals surface area contributed by atoms with Gasteiger partial charge in [0.25, 0.3) is 0 Å². The molecule has 2 aliphatic rings. The molecular formula is C15H24N4O2. The fourth-order valence-corrected chi connectivity index (χ4v) is 3.91. The summed E-state index contributed by atoms with van der Waals surface area (Å²) in [5, 5.41) is 2.95. The molecule has 2 fully saturated rings. The van der Waals surface area contributed by atoms with Gasteiger partial charge in [-0.1, -0.05) is 13.8 Å². The maximum absolute atomic E-state index is 12.7. The van der Waals surface area contributed by atoms with Crippen molar-refractivity contribution in [2.45, 2.75) is 44.9 Å². The minimum absolute atomic E-state index is 0.0927. The molecule has 1 aromatic rings. The Hall–Kier alpha value is -1.40. The van der Waals surface area contributed by atoms with E-state index in [-0.39, 0.29) is 23.3 Å². The first-order valence-corrected chi connectivity index (χ1v) is 7.54. The zero-order valence-corrected chi connectivity index (χ0v) is 12.9. The topological polar surface area (TPSA) is 82.2 Å². The summed E-state index contributed by atoms with van der Waals surface area (Å²) >= 11 is 0. The van der Waals surface area contributed by atoms with E-state index in [2.05, 4.69) is 10.3 Å². The normalized spacial score (nSPS) is 33.9. The molecule has 1 saturated heterocycles. The van der Waals surface area contributed by atoms with Crippen LogP contribution in [-0.4, -0.2) is 33.7 Å². The highest BCUT2D eigenvalue weighted by Crippen LogP contribution is 2.57. The van der Waals surface area contributed by atoms with Gasteiger partial charge in [-0.25, -0.2) is 4.98 Å². The molecule has 3 atom stereocenters. The summed E-state index contributed by atoms with van der Waals surface area (Å²) in [7, 11) is 1.91. The Morgan fingerprint density at radius 3 is 3.05 bits per heavy atom. The number of hydrogen-bond acceptors (Lipinski definition) is 4. The first-order valence-electron chi connectivity index (χ1n) is 7.54. The Bertz CT molecular complexity index is 554. The molecule has 1 amide bonds. The summed E-state index contributed by atoms with van der Waals surface area (Å²) in [6.45, 7) is 5.23.